The lowest BCUT2D eigenvalue weighted by Crippen LogP contribution is -2.44. The second-order valence-corrected chi connectivity index (χ2v) is 7.18. The summed E-state index contributed by atoms with van der Waals surface area (Å²) in [6, 6.07) is 14.6. The van der Waals surface area contributed by atoms with E-state index in [9.17, 15) is 9.59 Å². The van der Waals surface area contributed by atoms with Gasteiger partial charge in [0, 0.05) is 23.8 Å². The SMILES string of the molecule is Cc1ccc(Oc2ccc(NC(=O)C(=O)N[C@H]3CCc4cn[nH]c4C3)cc2)cc1. The number of H-pyrrole nitrogens is 1. The van der Waals surface area contributed by atoms with Crippen LogP contribution in [-0.4, -0.2) is 28.1 Å². The Hall–Kier alpha value is -3.61. The standard InChI is InChI=1S/C22H22N4O3/c1-14-2-8-18(9-3-14)29-19-10-6-16(7-11-19)24-21(27)22(28)25-17-5-4-15-13-23-26-20(15)12-17/h2-3,6-11,13,17H,4-5,12H2,1H3,(H,23,26)(H,24,27)(H,25,28)/t17-/m0/s1. The first-order valence-corrected chi connectivity index (χ1v) is 9.54. The van der Waals surface area contributed by atoms with Crippen molar-refractivity contribution in [1.82, 2.24) is 15.5 Å². The molecule has 7 heteroatoms. The Bertz CT molecular complexity index is 1010. The number of hydrogen-bond donors (Lipinski definition) is 3. The van der Waals surface area contributed by atoms with Gasteiger partial charge in [-0.3, -0.25) is 14.7 Å². The Kier molecular flexibility index (Phi) is 5.29. The molecule has 2 amide bonds. The lowest BCUT2D eigenvalue weighted by atomic mass is 9.94. The molecule has 1 aliphatic rings. The smallest absolute Gasteiger partial charge is 0.313 e. The van der Waals surface area contributed by atoms with Gasteiger partial charge in [-0.15, -0.1) is 0 Å². The molecule has 1 aliphatic carbocycles. The topological polar surface area (TPSA) is 96.1 Å². The zero-order valence-corrected chi connectivity index (χ0v) is 16.1. The van der Waals surface area contributed by atoms with Gasteiger partial charge in [0.15, 0.2) is 0 Å². The second-order valence-electron chi connectivity index (χ2n) is 7.18. The number of nitrogens with zero attached hydrogens (tertiary/aromatic N) is 1. The zero-order valence-electron chi connectivity index (χ0n) is 16.1. The second kappa shape index (κ2) is 8.18. The molecule has 0 bridgehead atoms. The summed E-state index contributed by atoms with van der Waals surface area (Å²) in [5.41, 5.74) is 3.88. The number of rotatable bonds is 4. The molecule has 0 spiro atoms. The average molecular weight is 390 g/mol. The Balaban J connectivity index is 1.30. The molecule has 7 nitrogen and oxygen atoms in total. The van der Waals surface area contributed by atoms with Crippen molar-refractivity contribution in [2.24, 2.45) is 0 Å². The molecular weight excluding hydrogens is 368 g/mol. The van der Waals surface area contributed by atoms with Gasteiger partial charge in [0.2, 0.25) is 0 Å². The van der Waals surface area contributed by atoms with E-state index in [4.69, 9.17) is 4.74 Å². The fourth-order valence-electron chi connectivity index (χ4n) is 3.32. The maximum absolute atomic E-state index is 12.2. The third-order valence-electron chi connectivity index (χ3n) is 4.93. The van der Waals surface area contributed by atoms with E-state index < -0.39 is 11.8 Å². The van der Waals surface area contributed by atoms with Crippen molar-refractivity contribution in [3.63, 3.8) is 0 Å². The number of nitrogens with one attached hydrogen (secondary N) is 3. The van der Waals surface area contributed by atoms with Gasteiger partial charge in [0.25, 0.3) is 0 Å². The molecule has 0 fully saturated rings. The first-order valence-electron chi connectivity index (χ1n) is 9.54. The highest BCUT2D eigenvalue weighted by Crippen LogP contribution is 2.23. The van der Waals surface area contributed by atoms with Crippen LogP contribution in [0.25, 0.3) is 0 Å². The van der Waals surface area contributed by atoms with Crippen molar-refractivity contribution >= 4 is 17.5 Å². The fourth-order valence-corrected chi connectivity index (χ4v) is 3.32. The first-order chi connectivity index (χ1) is 14.1. The molecule has 4 rings (SSSR count). The molecule has 1 atom stereocenters. The number of fused-ring (bicyclic) bond motifs is 1. The molecule has 148 valence electrons. The van der Waals surface area contributed by atoms with Crippen LogP contribution in [0.3, 0.4) is 0 Å². The van der Waals surface area contributed by atoms with E-state index in [0.29, 0.717) is 17.9 Å². The molecule has 3 aromatic rings. The zero-order chi connectivity index (χ0) is 20.2. The number of aromatic nitrogens is 2. The van der Waals surface area contributed by atoms with E-state index in [1.807, 2.05) is 37.4 Å². The summed E-state index contributed by atoms with van der Waals surface area (Å²) >= 11 is 0. The maximum atomic E-state index is 12.2. The fraction of sp³-hybridized carbons (Fsp3) is 0.227. The lowest BCUT2D eigenvalue weighted by molar-refractivity contribution is -0.136. The molecule has 0 saturated carbocycles. The third kappa shape index (κ3) is 4.63. The highest BCUT2D eigenvalue weighted by Gasteiger charge is 2.24. The minimum atomic E-state index is -0.687. The van der Waals surface area contributed by atoms with Crippen LogP contribution in [0.5, 0.6) is 11.5 Å². The number of carbonyl (C=O) groups excluding carboxylic acids is 2. The van der Waals surface area contributed by atoms with E-state index in [2.05, 4.69) is 20.8 Å². The van der Waals surface area contributed by atoms with Crippen molar-refractivity contribution in [1.29, 1.82) is 0 Å². The van der Waals surface area contributed by atoms with Crippen molar-refractivity contribution < 1.29 is 14.3 Å². The summed E-state index contributed by atoms with van der Waals surface area (Å²) in [5, 5.41) is 12.4. The summed E-state index contributed by atoms with van der Waals surface area (Å²) in [5.74, 6) is 0.0547. The quantitative estimate of drug-likeness (QED) is 0.597. The Morgan fingerprint density at radius 3 is 2.45 bits per heavy atom. The molecule has 0 saturated heterocycles. The molecule has 0 aliphatic heterocycles. The summed E-state index contributed by atoms with van der Waals surface area (Å²) in [4.78, 5) is 24.4. The Morgan fingerprint density at radius 2 is 1.72 bits per heavy atom. The number of anilines is 1. The number of hydrogen-bond acceptors (Lipinski definition) is 4. The molecule has 1 aromatic heterocycles. The first kappa shape index (κ1) is 18.7. The van der Waals surface area contributed by atoms with Crippen LogP contribution in [-0.2, 0) is 22.4 Å². The molecule has 1 heterocycles. The van der Waals surface area contributed by atoms with Crippen LogP contribution in [0.4, 0.5) is 5.69 Å². The monoisotopic (exact) mass is 390 g/mol. The largest absolute Gasteiger partial charge is 0.457 e. The number of amides is 2. The molecule has 29 heavy (non-hydrogen) atoms. The molecule has 0 radical (unpaired) electrons. The van der Waals surface area contributed by atoms with E-state index in [1.54, 1.807) is 24.3 Å². The lowest BCUT2D eigenvalue weighted by Gasteiger charge is -2.22. The van der Waals surface area contributed by atoms with E-state index in [-0.39, 0.29) is 6.04 Å². The third-order valence-corrected chi connectivity index (χ3v) is 4.93. The van der Waals surface area contributed by atoms with Crippen molar-refractivity contribution in [3.8, 4) is 11.5 Å². The number of aryl methyl sites for hydroxylation is 2. The maximum Gasteiger partial charge on any atom is 0.313 e. The van der Waals surface area contributed by atoms with Crippen LogP contribution in [0, 0.1) is 6.92 Å². The van der Waals surface area contributed by atoms with E-state index in [1.165, 1.54) is 5.56 Å². The number of ether oxygens (including phenoxy) is 1. The minimum absolute atomic E-state index is 0.0773. The summed E-state index contributed by atoms with van der Waals surface area (Å²) in [6.45, 7) is 2.01. The van der Waals surface area contributed by atoms with Crippen molar-refractivity contribution in [2.75, 3.05) is 5.32 Å². The van der Waals surface area contributed by atoms with Gasteiger partial charge >= 0.3 is 11.8 Å². The van der Waals surface area contributed by atoms with Crippen molar-refractivity contribution in [3.05, 3.63) is 71.5 Å². The van der Waals surface area contributed by atoms with Crippen LogP contribution in [0.1, 0.15) is 23.2 Å². The van der Waals surface area contributed by atoms with Gasteiger partial charge in [-0.1, -0.05) is 17.7 Å². The molecule has 3 N–H and O–H groups in total. The number of benzene rings is 2. The minimum Gasteiger partial charge on any atom is -0.457 e. The molecular formula is C22H22N4O3. The van der Waals surface area contributed by atoms with Gasteiger partial charge in [-0.05, 0) is 61.7 Å². The van der Waals surface area contributed by atoms with Gasteiger partial charge in [-0.25, -0.2) is 0 Å². The van der Waals surface area contributed by atoms with Gasteiger partial charge < -0.3 is 15.4 Å². The van der Waals surface area contributed by atoms with Crippen molar-refractivity contribution in [2.45, 2.75) is 32.2 Å². The average Bonchev–Trinajstić information content (AvgIpc) is 3.19. The van der Waals surface area contributed by atoms with Crippen LogP contribution >= 0.6 is 0 Å². The van der Waals surface area contributed by atoms with Gasteiger partial charge in [0.1, 0.15) is 11.5 Å². The highest BCUT2D eigenvalue weighted by molar-refractivity contribution is 6.39. The molecule has 2 aromatic carbocycles. The van der Waals surface area contributed by atoms with Crippen LogP contribution in [0.15, 0.2) is 54.7 Å². The van der Waals surface area contributed by atoms with Crippen LogP contribution < -0.4 is 15.4 Å². The Morgan fingerprint density at radius 1 is 1.03 bits per heavy atom. The van der Waals surface area contributed by atoms with Gasteiger partial charge in [0.05, 0.1) is 6.20 Å². The summed E-state index contributed by atoms with van der Waals surface area (Å²) in [7, 11) is 0. The summed E-state index contributed by atoms with van der Waals surface area (Å²) in [6.07, 6.45) is 4.09. The normalized spacial score (nSPS) is 15.3. The number of carbonyl (C=O) groups is 2. The van der Waals surface area contributed by atoms with Crippen LogP contribution in [0.2, 0.25) is 0 Å². The summed E-state index contributed by atoms with van der Waals surface area (Å²) < 4.78 is 5.76. The number of aromatic amines is 1. The molecule has 0 unspecified atom stereocenters. The predicted octanol–water partition coefficient (Wildman–Crippen LogP) is 3.12. The Labute approximate surface area is 168 Å². The predicted molar refractivity (Wildman–Crippen MR) is 109 cm³/mol. The van der Waals surface area contributed by atoms with E-state index in [0.717, 1.165) is 29.8 Å². The highest BCUT2D eigenvalue weighted by atomic mass is 16.5. The van der Waals surface area contributed by atoms with E-state index >= 15 is 0 Å². The van der Waals surface area contributed by atoms with Gasteiger partial charge in [-0.2, -0.15) is 5.10 Å².